The zero-order valence-corrected chi connectivity index (χ0v) is 15.7. The van der Waals surface area contributed by atoms with Crippen LogP contribution in [-0.2, 0) is 9.53 Å². The lowest BCUT2D eigenvalue weighted by Gasteiger charge is -2.33. The molecule has 26 heavy (non-hydrogen) atoms. The maximum absolute atomic E-state index is 13.2. The van der Waals surface area contributed by atoms with E-state index in [1.54, 1.807) is 12.1 Å². The van der Waals surface area contributed by atoms with Crippen molar-refractivity contribution in [3.63, 3.8) is 0 Å². The fourth-order valence-corrected chi connectivity index (χ4v) is 2.94. The van der Waals surface area contributed by atoms with Gasteiger partial charge in [-0.05, 0) is 38.8 Å². The highest BCUT2D eigenvalue weighted by atomic mass is 19.1. The first-order valence-electron chi connectivity index (χ1n) is 9.06. The molecular weight excluding hydrogens is 337 g/mol. The van der Waals surface area contributed by atoms with Crippen molar-refractivity contribution in [2.24, 2.45) is 10.9 Å². The topological polar surface area (TPSA) is 63.2 Å². The molecule has 6 nitrogen and oxygen atoms in total. The summed E-state index contributed by atoms with van der Waals surface area (Å²) in [7, 11) is 1.43. The second-order valence-corrected chi connectivity index (χ2v) is 6.36. The van der Waals surface area contributed by atoms with Gasteiger partial charge in [0.2, 0.25) is 0 Å². The predicted octanol–water partition coefficient (Wildman–Crippen LogP) is 2.44. The van der Waals surface area contributed by atoms with Crippen LogP contribution < -0.4 is 10.1 Å². The number of nitrogens with zero attached hydrogens (tertiary/aromatic N) is 2. The first-order chi connectivity index (χ1) is 12.5. The van der Waals surface area contributed by atoms with Crippen molar-refractivity contribution < 1.29 is 18.7 Å². The number of esters is 1. The molecule has 1 aromatic rings. The Morgan fingerprint density at radius 2 is 2.15 bits per heavy atom. The summed E-state index contributed by atoms with van der Waals surface area (Å²) < 4.78 is 23.8. The van der Waals surface area contributed by atoms with Crippen LogP contribution in [0.25, 0.3) is 0 Å². The molecule has 7 heteroatoms. The molecule has 1 heterocycles. The van der Waals surface area contributed by atoms with Gasteiger partial charge in [-0.1, -0.05) is 6.07 Å². The van der Waals surface area contributed by atoms with E-state index in [4.69, 9.17) is 9.47 Å². The number of likely N-dealkylation sites (tertiary alicyclic amines) is 1. The van der Waals surface area contributed by atoms with Crippen LogP contribution >= 0.6 is 0 Å². The average molecular weight is 365 g/mol. The Labute approximate surface area is 154 Å². The number of carbonyl (C=O) groups excluding carboxylic acids is 1. The van der Waals surface area contributed by atoms with Crippen molar-refractivity contribution in [2.75, 3.05) is 33.3 Å². The number of piperidine rings is 1. The number of nitrogens with one attached hydrogen (secondary N) is 1. The normalized spacial score (nSPS) is 16.9. The van der Waals surface area contributed by atoms with Gasteiger partial charge in [0.25, 0.3) is 0 Å². The van der Waals surface area contributed by atoms with Crippen LogP contribution in [-0.4, -0.2) is 56.2 Å². The Hall–Kier alpha value is -2.31. The summed E-state index contributed by atoms with van der Waals surface area (Å²) in [6.07, 6.45) is 1.33. The Balaban J connectivity index is 1.91. The number of guanidine groups is 1. The zero-order chi connectivity index (χ0) is 18.9. The van der Waals surface area contributed by atoms with Crippen LogP contribution in [0, 0.1) is 11.7 Å². The minimum absolute atomic E-state index is 0.0330. The lowest BCUT2D eigenvalue weighted by molar-refractivity contribution is -0.146. The molecule has 0 bridgehead atoms. The first kappa shape index (κ1) is 20.0. The van der Waals surface area contributed by atoms with Gasteiger partial charge in [0.05, 0.1) is 19.6 Å². The quantitative estimate of drug-likeness (QED) is 0.477. The first-order valence-corrected chi connectivity index (χ1v) is 9.06. The zero-order valence-electron chi connectivity index (χ0n) is 15.7. The van der Waals surface area contributed by atoms with Crippen molar-refractivity contribution in [1.29, 1.82) is 0 Å². The molecule has 0 spiro atoms. The molecule has 1 unspecified atom stereocenters. The third-order valence-electron chi connectivity index (χ3n) is 4.30. The number of carbonyl (C=O) groups is 1. The van der Waals surface area contributed by atoms with Crippen molar-refractivity contribution in [3.05, 3.63) is 30.1 Å². The molecule has 0 radical (unpaired) electrons. The van der Waals surface area contributed by atoms with E-state index in [9.17, 15) is 9.18 Å². The van der Waals surface area contributed by atoms with E-state index in [1.807, 2.05) is 13.8 Å². The van der Waals surface area contributed by atoms with Gasteiger partial charge in [-0.2, -0.15) is 0 Å². The van der Waals surface area contributed by atoms with Gasteiger partial charge >= 0.3 is 5.97 Å². The van der Waals surface area contributed by atoms with Gasteiger partial charge < -0.3 is 19.7 Å². The molecule has 1 saturated heterocycles. The van der Waals surface area contributed by atoms with E-state index < -0.39 is 0 Å². The van der Waals surface area contributed by atoms with E-state index in [1.165, 1.54) is 19.2 Å². The minimum atomic E-state index is -0.319. The van der Waals surface area contributed by atoms with Gasteiger partial charge in [0.15, 0.2) is 5.96 Å². The highest BCUT2D eigenvalue weighted by Gasteiger charge is 2.27. The fraction of sp³-hybridized carbons (Fsp3) is 0.579. The second kappa shape index (κ2) is 9.99. The fourth-order valence-electron chi connectivity index (χ4n) is 2.94. The monoisotopic (exact) mass is 365 g/mol. The van der Waals surface area contributed by atoms with Gasteiger partial charge in [-0.15, -0.1) is 0 Å². The number of ether oxygens (including phenoxy) is 2. The predicted molar refractivity (Wildman–Crippen MR) is 98.8 cm³/mol. The third kappa shape index (κ3) is 5.89. The minimum Gasteiger partial charge on any atom is -0.489 e. The van der Waals surface area contributed by atoms with Gasteiger partial charge in [0, 0.05) is 25.7 Å². The van der Waals surface area contributed by atoms with E-state index >= 15 is 0 Å². The number of methoxy groups -OCH3 is 1. The van der Waals surface area contributed by atoms with Crippen molar-refractivity contribution in [2.45, 2.75) is 32.8 Å². The lowest BCUT2D eigenvalue weighted by Crippen LogP contribution is -2.47. The molecule has 0 amide bonds. The van der Waals surface area contributed by atoms with Gasteiger partial charge in [0.1, 0.15) is 17.7 Å². The number of hydrogen-bond donors (Lipinski definition) is 1. The highest BCUT2D eigenvalue weighted by Crippen LogP contribution is 2.19. The second-order valence-electron chi connectivity index (χ2n) is 6.36. The Morgan fingerprint density at radius 3 is 2.77 bits per heavy atom. The summed E-state index contributed by atoms with van der Waals surface area (Å²) in [5.74, 6) is 0.820. The summed E-state index contributed by atoms with van der Waals surface area (Å²) in [6.45, 7) is 6.64. The molecule has 0 aromatic heterocycles. The van der Waals surface area contributed by atoms with E-state index in [2.05, 4.69) is 15.2 Å². The Kier molecular flexibility index (Phi) is 7.69. The molecule has 0 aliphatic carbocycles. The van der Waals surface area contributed by atoms with Crippen LogP contribution in [0.3, 0.4) is 0 Å². The SMILES string of the molecule is CCNC(=NCC(C)Oc1cccc(F)c1)N1CCC(C(=O)OC)CC1. The molecular formula is C19H28FN3O3. The number of rotatable bonds is 6. The summed E-state index contributed by atoms with van der Waals surface area (Å²) in [5.41, 5.74) is 0. The molecule has 1 aliphatic heterocycles. The number of hydrogen-bond acceptors (Lipinski definition) is 4. The van der Waals surface area contributed by atoms with Crippen LogP contribution in [0.5, 0.6) is 5.75 Å². The molecule has 0 saturated carbocycles. The number of aliphatic imine (C=N–C) groups is 1. The van der Waals surface area contributed by atoms with Crippen LogP contribution in [0.15, 0.2) is 29.3 Å². The summed E-state index contributed by atoms with van der Waals surface area (Å²) in [5, 5.41) is 3.28. The molecule has 1 N–H and O–H groups in total. The highest BCUT2D eigenvalue weighted by molar-refractivity contribution is 5.80. The average Bonchev–Trinajstić information content (AvgIpc) is 2.64. The largest absolute Gasteiger partial charge is 0.489 e. The van der Waals surface area contributed by atoms with E-state index in [0.29, 0.717) is 12.3 Å². The molecule has 144 valence electrons. The summed E-state index contributed by atoms with van der Waals surface area (Å²) in [4.78, 5) is 18.4. The summed E-state index contributed by atoms with van der Waals surface area (Å²) >= 11 is 0. The molecule has 1 fully saturated rings. The number of benzene rings is 1. The molecule has 2 rings (SSSR count). The standard InChI is InChI=1S/C19H28FN3O3/c1-4-21-19(23-10-8-15(9-11-23)18(24)25-3)22-13-14(2)26-17-7-5-6-16(20)12-17/h5-7,12,14-15H,4,8-11,13H2,1-3H3,(H,21,22). The maximum atomic E-state index is 13.2. The molecule has 1 atom stereocenters. The number of halogens is 1. The van der Waals surface area contributed by atoms with E-state index in [-0.39, 0.29) is 23.8 Å². The molecule has 1 aromatic carbocycles. The van der Waals surface area contributed by atoms with Crippen molar-refractivity contribution in [1.82, 2.24) is 10.2 Å². The van der Waals surface area contributed by atoms with Gasteiger partial charge in [-0.25, -0.2) is 9.38 Å². The Morgan fingerprint density at radius 1 is 1.42 bits per heavy atom. The van der Waals surface area contributed by atoms with Crippen LogP contribution in [0.1, 0.15) is 26.7 Å². The van der Waals surface area contributed by atoms with Crippen LogP contribution in [0.2, 0.25) is 0 Å². The lowest BCUT2D eigenvalue weighted by atomic mass is 9.97. The van der Waals surface area contributed by atoms with Crippen molar-refractivity contribution >= 4 is 11.9 Å². The summed E-state index contributed by atoms with van der Waals surface area (Å²) in [6, 6.07) is 6.10. The van der Waals surface area contributed by atoms with Crippen molar-refractivity contribution in [3.8, 4) is 5.75 Å². The van der Waals surface area contributed by atoms with Gasteiger partial charge in [-0.3, -0.25) is 4.79 Å². The third-order valence-corrected chi connectivity index (χ3v) is 4.30. The Bertz CT molecular complexity index is 616. The van der Waals surface area contributed by atoms with Crippen LogP contribution in [0.4, 0.5) is 4.39 Å². The maximum Gasteiger partial charge on any atom is 0.308 e. The van der Waals surface area contributed by atoms with E-state index in [0.717, 1.165) is 38.4 Å². The molecule has 1 aliphatic rings. The smallest absolute Gasteiger partial charge is 0.308 e.